The molecule has 90 valence electrons. The van der Waals surface area contributed by atoms with Crippen molar-refractivity contribution in [3.63, 3.8) is 0 Å². The molecule has 0 saturated heterocycles. The summed E-state index contributed by atoms with van der Waals surface area (Å²) in [4.78, 5) is 8.37. The van der Waals surface area contributed by atoms with Crippen LogP contribution < -0.4 is 11.3 Å². The minimum Gasteiger partial charge on any atom is -0.459 e. The van der Waals surface area contributed by atoms with E-state index in [-0.39, 0.29) is 6.04 Å². The predicted octanol–water partition coefficient (Wildman–Crippen LogP) is 1.78. The first-order valence-corrected chi connectivity index (χ1v) is 5.60. The van der Waals surface area contributed by atoms with Crippen LogP contribution in [0.25, 0.3) is 11.0 Å². The highest BCUT2D eigenvalue weighted by molar-refractivity contribution is 5.77. The summed E-state index contributed by atoms with van der Waals surface area (Å²) < 4.78 is 5.75. The van der Waals surface area contributed by atoms with Crippen LogP contribution in [0.15, 0.2) is 53.2 Å². The Morgan fingerprint density at radius 1 is 1.11 bits per heavy atom. The summed E-state index contributed by atoms with van der Waals surface area (Å²) in [5, 5.41) is 1.03. The van der Waals surface area contributed by atoms with Gasteiger partial charge in [0.15, 0.2) is 5.82 Å². The van der Waals surface area contributed by atoms with Gasteiger partial charge in [0.2, 0.25) is 0 Å². The van der Waals surface area contributed by atoms with Gasteiger partial charge in [-0.05, 0) is 18.2 Å². The highest BCUT2D eigenvalue weighted by Crippen LogP contribution is 2.25. The van der Waals surface area contributed by atoms with Crippen molar-refractivity contribution >= 4 is 11.0 Å². The largest absolute Gasteiger partial charge is 0.459 e. The zero-order valence-electron chi connectivity index (χ0n) is 9.58. The van der Waals surface area contributed by atoms with Gasteiger partial charge >= 0.3 is 0 Å². The van der Waals surface area contributed by atoms with Gasteiger partial charge in [-0.25, -0.2) is 15.4 Å². The molecular weight excluding hydrogens is 228 g/mol. The van der Waals surface area contributed by atoms with Crippen LogP contribution in [0.3, 0.4) is 0 Å². The highest BCUT2D eigenvalue weighted by atomic mass is 16.3. The van der Waals surface area contributed by atoms with Gasteiger partial charge < -0.3 is 4.42 Å². The Hall–Kier alpha value is -2.24. The zero-order chi connectivity index (χ0) is 12.4. The summed E-state index contributed by atoms with van der Waals surface area (Å²) in [6, 6.07) is 11.1. The molecule has 1 aromatic carbocycles. The van der Waals surface area contributed by atoms with E-state index in [2.05, 4.69) is 15.4 Å². The number of rotatable bonds is 3. The minimum atomic E-state index is -0.349. The number of nitrogens with zero attached hydrogens (tertiary/aromatic N) is 2. The van der Waals surface area contributed by atoms with Crippen LogP contribution in [0, 0.1) is 0 Å². The third kappa shape index (κ3) is 1.85. The number of benzene rings is 1. The average Bonchev–Trinajstić information content (AvgIpc) is 2.84. The molecule has 3 N–H and O–H groups in total. The number of nitrogens with two attached hydrogens (primary N) is 1. The van der Waals surface area contributed by atoms with Crippen LogP contribution >= 0.6 is 0 Å². The quantitative estimate of drug-likeness (QED) is 0.539. The van der Waals surface area contributed by atoms with Crippen LogP contribution in [0.2, 0.25) is 0 Å². The van der Waals surface area contributed by atoms with Crippen molar-refractivity contribution in [2.45, 2.75) is 6.04 Å². The van der Waals surface area contributed by atoms with E-state index in [0.29, 0.717) is 11.6 Å². The van der Waals surface area contributed by atoms with Crippen LogP contribution in [-0.4, -0.2) is 9.97 Å². The van der Waals surface area contributed by atoms with E-state index in [9.17, 15) is 0 Å². The maximum absolute atomic E-state index is 5.75. The lowest BCUT2D eigenvalue weighted by atomic mass is 10.2. The molecule has 0 aliphatic carbocycles. The lowest BCUT2D eigenvalue weighted by molar-refractivity contribution is 0.464. The monoisotopic (exact) mass is 240 g/mol. The van der Waals surface area contributed by atoms with E-state index in [1.165, 1.54) is 0 Å². The van der Waals surface area contributed by atoms with Crippen LogP contribution in [0.5, 0.6) is 0 Å². The fourth-order valence-corrected chi connectivity index (χ4v) is 1.89. The predicted molar refractivity (Wildman–Crippen MR) is 67.4 cm³/mol. The molecule has 0 spiro atoms. The number of fused-ring (bicyclic) bond motifs is 1. The number of furan rings is 1. The minimum absolute atomic E-state index is 0.349. The van der Waals surface area contributed by atoms with E-state index < -0.39 is 0 Å². The van der Waals surface area contributed by atoms with Crippen molar-refractivity contribution in [2.75, 3.05) is 0 Å². The summed E-state index contributed by atoms with van der Waals surface area (Å²) in [6.45, 7) is 0. The van der Waals surface area contributed by atoms with E-state index in [1.54, 1.807) is 18.5 Å². The zero-order valence-corrected chi connectivity index (χ0v) is 9.58. The van der Waals surface area contributed by atoms with Crippen LogP contribution in [0.1, 0.15) is 17.6 Å². The molecule has 0 fully saturated rings. The van der Waals surface area contributed by atoms with Gasteiger partial charge in [0.05, 0.1) is 0 Å². The number of hydrogen-bond donors (Lipinski definition) is 2. The van der Waals surface area contributed by atoms with Crippen molar-refractivity contribution in [3.05, 3.63) is 60.4 Å². The molecule has 0 amide bonds. The second kappa shape index (κ2) is 4.56. The van der Waals surface area contributed by atoms with Crippen molar-refractivity contribution in [2.24, 2.45) is 5.84 Å². The molecule has 0 aliphatic rings. The van der Waals surface area contributed by atoms with Crippen LogP contribution in [0.4, 0.5) is 0 Å². The van der Waals surface area contributed by atoms with E-state index in [0.717, 1.165) is 11.0 Å². The fourth-order valence-electron chi connectivity index (χ4n) is 1.89. The second-order valence-corrected chi connectivity index (χ2v) is 3.89. The molecule has 3 rings (SSSR count). The molecule has 5 nitrogen and oxygen atoms in total. The SMILES string of the molecule is NNC(c1ncccn1)c1cc2ccccc2o1. The molecule has 1 atom stereocenters. The Balaban J connectivity index is 2.06. The molecule has 0 radical (unpaired) electrons. The van der Waals surface area contributed by atoms with Gasteiger partial charge in [-0.15, -0.1) is 0 Å². The van der Waals surface area contributed by atoms with Crippen LogP contribution in [-0.2, 0) is 0 Å². The molecular formula is C13H12N4O. The maximum atomic E-state index is 5.75. The molecule has 5 heteroatoms. The van der Waals surface area contributed by atoms with E-state index in [4.69, 9.17) is 10.3 Å². The van der Waals surface area contributed by atoms with Gasteiger partial charge in [-0.1, -0.05) is 18.2 Å². The Labute approximate surface area is 104 Å². The molecule has 0 aliphatic heterocycles. The topological polar surface area (TPSA) is 77.0 Å². The van der Waals surface area contributed by atoms with E-state index in [1.807, 2.05) is 30.3 Å². The number of hydrogen-bond acceptors (Lipinski definition) is 5. The second-order valence-electron chi connectivity index (χ2n) is 3.89. The number of para-hydroxylation sites is 1. The molecule has 2 aromatic heterocycles. The van der Waals surface area contributed by atoms with Gasteiger partial charge in [-0.2, -0.15) is 0 Å². The molecule has 0 bridgehead atoms. The first-order chi connectivity index (χ1) is 8.88. The maximum Gasteiger partial charge on any atom is 0.154 e. The average molecular weight is 240 g/mol. The van der Waals surface area contributed by atoms with Gasteiger partial charge in [0.25, 0.3) is 0 Å². The summed E-state index contributed by atoms with van der Waals surface area (Å²) in [7, 11) is 0. The standard InChI is InChI=1S/C13H12N4O/c14-17-12(13-15-6-3-7-16-13)11-8-9-4-1-2-5-10(9)18-11/h1-8,12,17H,14H2. The molecule has 18 heavy (non-hydrogen) atoms. The fraction of sp³-hybridized carbons (Fsp3) is 0.0769. The van der Waals surface area contributed by atoms with Crippen molar-refractivity contribution in [1.29, 1.82) is 0 Å². The highest BCUT2D eigenvalue weighted by Gasteiger charge is 2.19. The van der Waals surface area contributed by atoms with E-state index >= 15 is 0 Å². The third-order valence-corrected chi connectivity index (χ3v) is 2.74. The number of nitrogens with one attached hydrogen (secondary N) is 1. The smallest absolute Gasteiger partial charge is 0.154 e. The first-order valence-electron chi connectivity index (χ1n) is 5.60. The Bertz CT molecular complexity index is 617. The van der Waals surface area contributed by atoms with Crippen molar-refractivity contribution in [1.82, 2.24) is 15.4 Å². The molecule has 0 saturated carbocycles. The van der Waals surface area contributed by atoms with Gasteiger partial charge in [0, 0.05) is 17.8 Å². The normalized spacial score (nSPS) is 12.7. The Morgan fingerprint density at radius 2 is 1.89 bits per heavy atom. The lowest BCUT2D eigenvalue weighted by Gasteiger charge is -2.10. The summed E-state index contributed by atoms with van der Waals surface area (Å²) >= 11 is 0. The van der Waals surface area contributed by atoms with Crippen molar-refractivity contribution < 1.29 is 4.42 Å². The first kappa shape index (κ1) is 10.9. The molecule has 1 unspecified atom stereocenters. The lowest BCUT2D eigenvalue weighted by Crippen LogP contribution is -2.29. The third-order valence-electron chi connectivity index (χ3n) is 2.74. The Kier molecular flexibility index (Phi) is 2.76. The molecule has 3 aromatic rings. The summed E-state index contributed by atoms with van der Waals surface area (Å²) in [5.74, 6) is 6.85. The van der Waals surface area contributed by atoms with Gasteiger partial charge in [0.1, 0.15) is 17.4 Å². The van der Waals surface area contributed by atoms with Gasteiger partial charge in [-0.3, -0.25) is 5.84 Å². The Morgan fingerprint density at radius 3 is 2.61 bits per heavy atom. The summed E-state index contributed by atoms with van der Waals surface area (Å²) in [5.41, 5.74) is 3.50. The molecule has 2 heterocycles. The number of aromatic nitrogens is 2. The van der Waals surface area contributed by atoms with Crippen molar-refractivity contribution in [3.8, 4) is 0 Å². The number of hydrazine groups is 1. The summed E-state index contributed by atoms with van der Waals surface area (Å²) in [6.07, 6.45) is 3.35.